The number of aliphatic carboxylic acids is 1. The zero-order valence-corrected chi connectivity index (χ0v) is 12.4. The van der Waals surface area contributed by atoms with Gasteiger partial charge in [0, 0.05) is 10.0 Å². The third-order valence-electron chi connectivity index (χ3n) is 2.83. The van der Waals surface area contributed by atoms with Crippen molar-refractivity contribution in [2.75, 3.05) is 0 Å². The summed E-state index contributed by atoms with van der Waals surface area (Å²) in [7, 11) is 0. The van der Waals surface area contributed by atoms with Gasteiger partial charge in [0.15, 0.2) is 5.82 Å². The Labute approximate surface area is 122 Å². The summed E-state index contributed by atoms with van der Waals surface area (Å²) >= 11 is 3.25. The Kier molecular flexibility index (Phi) is 3.85. The van der Waals surface area contributed by atoms with E-state index in [1.165, 1.54) is 22.9 Å². The Bertz CT molecular complexity index is 657. The third kappa shape index (κ3) is 2.84. The van der Waals surface area contributed by atoms with Gasteiger partial charge < -0.3 is 5.11 Å². The van der Waals surface area contributed by atoms with Crippen molar-refractivity contribution in [1.29, 1.82) is 0 Å². The maximum absolute atomic E-state index is 13.1. The number of nitrogens with zero attached hydrogens (tertiary/aromatic N) is 4. The predicted octanol–water partition coefficient (Wildman–Crippen LogP) is 2.35. The number of carboxylic acids is 1. The molecule has 0 saturated heterocycles. The van der Waals surface area contributed by atoms with Crippen LogP contribution in [0.4, 0.5) is 4.39 Å². The first-order chi connectivity index (χ1) is 9.31. The summed E-state index contributed by atoms with van der Waals surface area (Å²) in [6, 6.07) is 4.13. The first-order valence-corrected chi connectivity index (χ1v) is 6.55. The van der Waals surface area contributed by atoms with Crippen molar-refractivity contribution in [1.82, 2.24) is 20.2 Å². The van der Waals surface area contributed by atoms with Gasteiger partial charge in [-0.2, -0.15) is 0 Å². The molecule has 0 atom stereocenters. The van der Waals surface area contributed by atoms with Gasteiger partial charge in [0.1, 0.15) is 5.82 Å². The molecule has 0 saturated carbocycles. The van der Waals surface area contributed by atoms with Crippen LogP contribution in [0, 0.1) is 11.2 Å². The molecule has 20 heavy (non-hydrogen) atoms. The molecule has 0 bridgehead atoms. The molecule has 106 valence electrons. The molecule has 0 amide bonds. The molecule has 1 aromatic carbocycles. The van der Waals surface area contributed by atoms with Crippen molar-refractivity contribution in [3.63, 3.8) is 0 Å². The minimum Gasteiger partial charge on any atom is -0.481 e. The van der Waals surface area contributed by atoms with E-state index in [9.17, 15) is 9.18 Å². The first-order valence-electron chi connectivity index (χ1n) is 5.76. The van der Waals surface area contributed by atoms with Crippen LogP contribution >= 0.6 is 15.9 Å². The fourth-order valence-electron chi connectivity index (χ4n) is 1.62. The van der Waals surface area contributed by atoms with Crippen LogP contribution in [0.5, 0.6) is 0 Å². The van der Waals surface area contributed by atoms with Crippen LogP contribution in [0.3, 0.4) is 0 Å². The van der Waals surface area contributed by atoms with Gasteiger partial charge in [0.25, 0.3) is 0 Å². The Morgan fingerprint density at radius 2 is 2.20 bits per heavy atom. The second-order valence-corrected chi connectivity index (χ2v) is 5.83. The Balaban J connectivity index is 2.41. The van der Waals surface area contributed by atoms with Crippen LogP contribution in [0.25, 0.3) is 11.4 Å². The van der Waals surface area contributed by atoms with Crippen LogP contribution in [-0.2, 0) is 11.3 Å². The number of hydrogen-bond acceptors (Lipinski definition) is 4. The molecule has 0 spiro atoms. The zero-order valence-electron chi connectivity index (χ0n) is 10.8. The summed E-state index contributed by atoms with van der Waals surface area (Å²) in [5.41, 5.74) is -0.422. The highest BCUT2D eigenvalue weighted by Gasteiger charge is 2.30. The van der Waals surface area contributed by atoms with Gasteiger partial charge >= 0.3 is 5.97 Å². The van der Waals surface area contributed by atoms with Gasteiger partial charge in [0.05, 0.1) is 12.0 Å². The standard InChI is InChI=1S/C12H12BrFN4O2/c1-12(2,11(19)20)6-18-10(15-16-17-18)8-4-3-7(14)5-9(8)13/h3-5H,6H2,1-2H3,(H,19,20). The monoisotopic (exact) mass is 342 g/mol. The largest absolute Gasteiger partial charge is 0.481 e. The van der Waals surface area contributed by atoms with E-state index in [2.05, 4.69) is 31.5 Å². The molecule has 0 aliphatic carbocycles. The van der Waals surface area contributed by atoms with E-state index in [1.807, 2.05) is 0 Å². The Morgan fingerprint density at radius 1 is 1.50 bits per heavy atom. The van der Waals surface area contributed by atoms with E-state index < -0.39 is 11.4 Å². The number of carboxylic acid groups (broad SMARTS) is 1. The number of tetrazole rings is 1. The zero-order chi connectivity index (χ0) is 14.9. The fraction of sp³-hybridized carbons (Fsp3) is 0.333. The smallest absolute Gasteiger partial charge is 0.310 e. The summed E-state index contributed by atoms with van der Waals surface area (Å²) in [6.45, 7) is 3.27. The van der Waals surface area contributed by atoms with E-state index in [0.717, 1.165) is 0 Å². The van der Waals surface area contributed by atoms with Crippen LogP contribution in [0.1, 0.15) is 13.8 Å². The van der Waals surface area contributed by atoms with Crippen LogP contribution in [0.2, 0.25) is 0 Å². The number of carbonyl (C=O) groups is 1. The Hall–Kier alpha value is -1.83. The minimum absolute atomic E-state index is 0.106. The number of hydrogen-bond donors (Lipinski definition) is 1. The van der Waals surface area contributed by atoms with Crippen LogP contribution in [-0.4, -0.2) is 31.3 Å². The summed E-state index contributed by atoms with van der Waals surface area (Å²) < 4.78 is 15.0. The molecule has 1 N–H and O–H groups in total. The minimum atomic E-state index is -1.02. The lowest BCUT2D eigenvalue weighted by Crippen LogP contribution is -2.30. The molecular weight excluding hydrogens is 331 g/mol. The van der Waals surface area contributed by atoms with Crippen molar-refractivity contribution in [2.45, 2.75) is 20.4 Å². The highest BCUT2D eigenvalue weighted by Crippen LogP contribution is 2.28. The lowest BCUT2D eigenvalue weighted by Gasteiger charge is -2.19. The molecule has 0 aliphatic heterocycles. The molecule has 0 aliphatic rings. The van der Waals surface area contributed by atoms with Crippen molar-refractivity contribution in [2.24, 2.45) is 5.41 Å². The predicted molar refractivity (Wildman–Crippen MR) is 72.3 cm³/mol. The first kappa shape index (κ1) is 14.6. The van der Waals surface area contributed by atoms with Crippen molar-refractivity contribution in [3.8, 4) is 11.4 Å². The summed E-state index contributed by atoms with van der Waals surface area (Å²) in [4.78, 5) is 11.2. The SMILES string of the molecule is CC(C)(Cn1nnnc1-c1ccc(F)cc1Br)C(=O)O. The van der Waals surface area contributed by atoms with E-state index >= 15 is 0 Å². The van der Waals surface area contributed by atoms with Gasteiger partial charge in [-0.15, -0.1) is 5.10 Å². The summed E-state index contributed by atoms with van der Waals surface area (Å²) in [5.74, 6) is -0.950. The number of benzene rings is 1. The van der Waals surface area contributed by atoms with Crippen LogP contribution in [0.15, 0.2) is 22.7 Å². The average Bonchev–Trinajstić information content (AvgIpc) is 2.76. The molecule has 0 fully saturated rings. The highest BCUT2D eigenvalue weighted by atomic mass is 79.9. The second-order valence-electron chi connectivity index (χ2n) is 4.97. The topological polar surface area (TPSA) is 80.9 Å². The normalized spacial score (nSPS) is 11.6. The third-order valence-corrected chi connectivity index (χ3v) is 3.48. The molecular formula is C12H12BrFN4O2. The number of aromatic nitrogens is 4. The maximum atomic E-state index is 13.1. The number of rotatable bonds is 4. The lowest BCUT2D eigenvalue weighted by atomic mass is 9.94. The van der Waals surface area contributed by atoms with Crippen LogP contribution < -0.4 is 0 Å². The van der Waals surface area contributed by atoms with Gasteiger partial charge in [0.2, 0.25) is 0 Å². The molecule has 2 aromatic rings. The molecule has 6 nitrogen and oxygen atoms in total. The average molecular weight is 343 g/mol. The number of halogens is 2. The summed E-state index contributed by atoms with van der Waals surface area (Å²) in [6.07, 6.45) is 0. The van der Waals surface area contributed by atoms with Gasteiger partial charge in [-0.05, 0) is 58.4 Å². The Morgan fingerprint density at radius 3 is 2.80 bits per heavy atom. The maximum Gasteiger partial charge on any atom is 0.310 e. The van der Waals surface area contributed by atoms with E-state index in [1.54, 1.807) is 13.8 Å². The van der Waals surface area contributed by atoms with Gasteiger partial charge in [-0.25, -0.2) is 9.07 Å². The summed E-state index contributed by atoms with van der Waals surface area (Å²) in [5, 5.41) is 20.4. The molecule has 1 aromatic heterocycles. The van der Waals surface area contributed by atoms with E-state index in [4.69, 9.17) is 5.11 Å². The highest BCUT2D eigenvalue weighted by molar-refractivity contribution is 9.10. The van der Waals surface area contributed by atoms with Crippen molar-refractivity contribution >= 4 is 21.9 Å². The quantitative estimate of drug-likeness (QED) is 0.922. The molecule has 0 unspecified atom stereocenters. The van der Waals surface area contributed by atoms with E-state index in [-0.39, 0.29) is 12.4 Å². The van der Waals surface area contributed by atoms with Gasteiger partial charge in [-0.3, -0.25) is 4.79 Å². The second kappa shape index (κ2) is 5.28. The lowest BCUT2D eigenvalue weighted by molar-refractivity contribution is -0.147. The molecule has 2 rings (SSSR count). The van der Waals surface area contributed by atoms with Crippen molar-refractivity contribution in [3.05, 3.63) is 28.5 Å². The molecule has 0 radical (unpaired) electrons. The van der Waals surface area contributed by atoms with Gasteiger partial charge in [-0.1, -0.05) is 0 Å². The van der Waals surface area contributed by atoms with Crippen molar-refractivity contribution < 1.29 is 14.3 Å². The molecule has 8 heteroatoms. The molecule has 1 heterocycles. The van der Waals surface area contributed by atoms with E-state index in [0.29, 0.717) is 15.9 Å². The fourth-order valence-corrected chi connectivity index (χ4v) is 2.15.